The number of nitriles is 1. The van der Waals surface area contributed by atoms with Gasteiger partial charge in [0.05, 0.1) is 23.4 Å². The lowest BCUT2D eigenvalue weighted by Gasteiger charge is -2.38. The highest BCUT2D eigenvalue weighted by Crippen LogP contribution is 2.43. The molecular formula is C15H22N2OSi. The third kappa shape index (κ3) is 2.58. The van der Waals surface area contributed by atoms with Gasteiger partial charge in [-0.25, -0.2) is 0 Å². The van der Waals surface area contributed by atoms with Crippen LogP contribution < -0.4 is 0 Å². The molecule has 1 unspecified atom stereocenters. The molecule has 0 radical (unpaired) electrons. The molecule has 0 aromatic carbocycles. The van der Waals surface area contributed by atoms with Gasteiger partial charge in [0, 0.05) is 6.20 Å². The van der Waals surface area contributed by atoms with Crippen molar-refractivity contribution in [2.75, 3.05) is 0 Å². The molecule has 102 valence electrons. The maximum atomic E-state index is 9.14. The second-order valence-corrected chi connectivity index (χ2v) is 11.5. The van der Waals surface area contributed by atoms with E-state index in [4.69, 9.17) is 9.69 Å². The normalized spacial score (nSPS) is 19.1. The van der Waals surface area contributed by atoms with Crippen LogP contribution in [-0.2, 0) is 10.8 Å². The predicted octanol–water partition coefficient (Wildman–Crippen LogP) is 3.96. The zero-order chi connectivity index (χ0) is 14.3. The standard InChI is InChI=1S/C15H22N2OSi/c1-15(2,3)19(4,5)18-13-7-6-12-11(10-16)8-9-17-14(12)13/h8-9,13H,6-7H2,1-5H3. The van der Waals surface area contributed by atoms with Crippen LogP contribution in [0.1, 0.15) is 50.1 Å². The molecule has 2 rings (SSSR count). The Balaban J connectivity index is 2.28. The highest BCUT2D eigenvalue weighted by Gasteiger charge is 2.41. The lowest BCUT2D eigenvalue weighted by Crippen LogP contribution is -2.41. The van der Waals surface area contributed by atoms with Gasteiger partial charge in [-0.3, -0.25) is 4.98 Å². The Bertz CT molecular complexity index is 526. The number of rotatable bonds is 2. The summed E-state index contributed by atoms with van der Waals surface area (Å²) in [4.78, 5) is 4.46. The second kappa shape index (κ2) is 4.73. The molecule has 1 aliphatic rings. The van der Waals surface area contributed by atoms with Crippen molar-refractivity contribution in [3.05, 3.63) is 29.1 Å². The molecule has 0 saturated heterocycles. The number of pyridine rings is 1. The molecule has 0 N–H and O–H groups in total. The number of nitrogens with zero attached hydrogens (tertiary/aromatic N) is 2. The van der Waals surface area contributed by atoms with Crippen molar-refractivity contribution in [3.63, 3.8) is 0 Å². The van der Waals surface area contributed by atoms with Crippen molar-refractivity contribution >= 4 is 8.32 Å². The summed E-state index contributed by atoms with van der Waals surface area (Å²) in [6.07, 6.45) is 3.66. The third-order valence-electron chi connectivity index (χ3n) is 4.41. The summed E-state index contributed by atoms with van der Waals surface area (Å²) in [5.74, 6) is 0. The lowest BCUT2D eigenvalue weighted by atomic mass is 10.1. The highest BCUT2D eigenvalue weighted by atomic mass is 28.4. The zero-order valence-electron chi connectivity index (χ0n) is 12.4. The van der Waals surface area contributed by atoms with E-state index in [1.54, 1.807) is 12.3 Å². The molecule has 0 spiro atoms. The number of hydrogen-bond acceptors (Lipinski definition) is 3. The van der Waals surface area contributed by atoms with E-state index in [1.165, 1.54) is 0 Å². The highest BCUT2D eigenvalue weighted by molar-refractivity contribution is 6.74. The number of aromatic nitrogens is 1. The quantitative estimate of drug-likeness (QED) is 0.767. The van der Waals surface area contributed by atoms with Crippen LogP contribution in [0.4, 0.5) is 0 Å². The molecule has 1 aromatic heterocycles. The van der Waals surface area contributed by atoms with E-state index in [2.05, 4.69) is 44.9 Å². The Morgan fingerprint density at radius 3 is 2.68 bits per heavy atom. The number of hydrogen-bond donors (Lipinski definition) is 0. The van der Waals surface area contributed by atoms with Crippen LogP contribution >= 0.6 is 0 Å². The summed E-state index contributed by atoms with van der Waals surface area (Å²) in [7, 11) is -1.79. The SMILES string of the molecule is CC(C)(C)[Si](C)(C)OC1CCc2c(C#N)ccnc21. The van der Waals surface area contributed by atoms with E-state index in [0.29, 0.717) is 0 Å². The van der Waals surface area contributed by atoms with Crippen LogP contribution in [0.3, 0.4) is 0 Å². The molecule has 0 saturated carbocycles. The van der Waals surface area contributed by atoms with Crippen molar-refractivity contribution in [1.29, 1.82) is 5.26 Å². The first-order valence-electron chi connectivity index (χ1n) is 6.82. The van der Waals surface area contributed by atoms with Gasteiger partial charge < -0.3 is 4.43 Å². The largest absolute Gasteiger partial charge is 0.408 e. The molecular weight excluding hydrogens is 252 g/mol. The lowest BCUT2D eigenvalue weighted by molar-refractivity contribution is 0.181. The molecule has 1 aliphatic carbocycles. The van der Waals surface area contributed by atoms with Crippen molar-refractivity contribution in [2.45, 2.75) is 57.8 Å². The average Bonchev–Trinajstić information content (AvgIpc) is 2.70. The van der Waals surface area contributed by atoms with Gasteiger partial charge in [-0.2, -0.15) is 5.26 Å². The van der Waals surface area contributed by atoms with Gasteiger partial charge >= 0.3 is 0 Å². The average molecular weight is 274 g/mol. The molecule has 0 bridgehead atoms. The summed E-state index contributed by atoms with van der Waals surface area (Å²) in [5.41, 5.74) is 2.84. The van der Waals surface area contributed by atoms with E-state index in [-0.39, 0.29) is 11.1 Å². The fourth-order valence-electron chi connectivity index (χ4n) is 2.21. The van der Waals surface area contributed by atoms with Crippen LogP contribution in [0.5, 0.6) is 0 Å². The molecule has 3 nitrogen and oxygen atoms in total. The predicted molar refractivity (Wildman–Crippen MR) is 78.3 cm³/mol. The van der Waals surface area contributed by atoms with Gasteiger partial charge in [0.25, 0.3) is 0 Å². The van der Waals surface area contributed by atoms with E-state index in [0.717, 1.165) is 29.7 Å². The topological polar surface area (TPSA) is 45.9 Å². The summed E-state index contributed by atoms with van der Waals surface area (Å²) >= 11 is 0. The van der Waals surface area contributed by atoms with Gasteiger partial charge in [0.1, 0.15) is 0 Å². The first-order chi connectivity index (χ1) is 8.76. The van der Waals surface area contributed by atoms with Gasteiger partial charge in [0.15, 0.2) is 8.32 Å². The minimum Gasteiger partial charge on any atom is -0.408 e. The Hall–Kier alpha value is -1.18. The molecule has 1 heterocycles. The van der Waals surface area contributed by atoms with Crippen LogP contribution in [0, 0.1) is 11.3 Å². The Morgan fingerprint density at radius 1 is 1.42 bits per heavy atom. The van der Waals surface area contributed by atoms with Crippen molar-refractivity contribution in [1.82, 2.24) is 4.98 Å². The summed E-state index contributed by atoms with van der Waals surface area (Å²) in [6.45, 7) is 11.3. The van der Waals surface area contributed by atoms with Crippen molar-refractivity contribution in [3.8, 4) is 6.07 Å². The monoisotopic (exact) mass is 274 g/mol. The molecule has 19 heavy (non-hydrogen) atoms. The van der Waals surface area contributed by atoms with Gasteiger partial charge in [-0.15, -0.1) is 0 Å². The van der Waals surface area contributed by atoms with Crippen LogP contribution in [0.25, 0.3) is 0 Å². The number of fused-ring (bicyclic) bond motifs is 1. The minimum atomic E-state index is -1.79. The van der Waals surface area contributed by atoms with Crippen LogP contribution in [0.2, 0.25) is 18.1 Å². The van der Waals surface area contributed by atoms with Crippen LogP contribution in [-0.4, -0.2) is 13.3 Å². The molecule has 4 heteroatoms. The second-order valence-electron chi connectivity index (χ2n) is 6.74. The molecule has 0 fully saturated rings. The Morgan fingerprint density at radius 2 is 2.11 bits per heavy atom. The molecule has 0 aliphatic heterocycles. The summed E-state index contributed by atoms with van der Waals surface area (Å²) in [6, 6.07) is 4.06. The smallest absolute Gasteiger partial charge is 0.192 e. The third-order valence-corrected chi connectivity index (χ3v) is 8.90. The fraction of sp³-hybridized carbons (Fsp3) is 0.600. The van der Waals surface area contributed by atoms with Crippen molar-refractivity contribution in [2.24, 2.45) is 0 Å². The van der Waals surface area contributed by atoms with Gasteiger partial charge in [0.2, 0.25) is 0 Å². The van der Waals surface area contributed by atoms with Crippen molar-refractivity contribution < 1.29 is 4.43 Å². The van der Waals surface area contributed by atoms with Crippen LogP contribution in [0.15, 0.2) is 12.3 Å². The first-order valence-corrected chi connectivity index (χ1v) is 9.73. The maximum Gasteiger partial charge on any atom is 0.192 e. The molecule has 0 amide bonds. The van der Waals surface area contributed by atoms with E-state index >= 15 is 0 Å². The maximum absolute atomic E-state index is 9.14. The Kier molecular flexibility index (Phi) is 3.54. The molecule has 1 atom stereocenters. The summed E-state index contributed by atoms with van der Waals surface area (Å²) in [5, 5.41) is 9.34. The molecule has 1 aromatic rings. The van der Waals surface area contributed by atoms with Gasteiger partial charge in [-0.05, 0) is 42.6 Å². The fourth-order valence-corrected chi connectivity index (χ4v) is 3.51. The Labute approximate surface area is 116 Å². The van der Waals surface area contributed by atoms with E-state index in [1.807, 2.05) is 0 Å². The first kappa shape index (κ1) is 14.2. The summed E-state index contributed by atoms with van der Waals surface area (Å²) < 4.78 is 6.46. The van der Waals surface area contributed by atoms with E-state index < -0.39 is 8.32 Å². The minimum absolute atomic E-state index is 0.0733. The van der Waals surface area contributed by atoms with E-state index in [9.17, 15) is 0 Å². The van der Waals surface area contributed by atoms with Gasteiger partial charge in [-0.1, -0.05) is 20.8 Å². The zero-order valence-corrected chi connectivity index (χ0v) is 13.4.